The number of hydrogen-bond acceptors (Lipinski definition) is 5. The average Bonchev–Trinajstić information content (AvgIpc) is 3.44. The second-order valence-corrected chi connectivity index (χ2v) is 10.9. The lowest BCUT2D eigenvalue weighted by molar-refractivity contribution is -0.140. The Morgan fingerprint density at radius 2 is 1.66 bits per heavy atom. The Balaban J connectivity index is 1.41. The summed E-state index contributed by atoms with van der Waals surface area (Å²) in [7, 11) is 5.19. The monoisotopic (exact) mass is 483 g/mol. The fourth-order valence-electron chi connectivity index (χ4n) is 5.85. The molecule has 2 radical (unpaired) electrons. The largest absolute Gasteiger partial charge is 0.346 e. The minimum Gasteiger partial charge on any atom is -0.346 e. The van der Waals surface area contributed by atoms with Crippen molar-refractivity contribution in [1.82, 2.24) is 15.5 Å². The van der Waals surface area contributed by atoms with Crippen molar-refractivity contribution >= 4 is 37.2 Å². The van der Waals surface area contributed by atoms with E-state index < -0.39 is 23.7 Å². The summed E-state index contributed by atoms with van der Waals surface area (Å²) in [6.07, 6.45) is 5.33. The third-order valence-electron chi connectivity index (χ3n) is 7.75. The number of carbonyl (C=O) groups is 5. The first kappa shape index (κ1) is 27.1. The van der Waals surface area contributed by atoms with Gasteiger partial charge in [0, 0.05) is 13.0 Å². The van der Waals surface area contributed by atoms with Crippen LogP contribution in [0.25, 0.3) is 0 Å². The van der Waals surface area contributed by atoms with Gasteiger partial charge in [-0.1, -0.05) is 45.8 Å². The first-order chi connectivity index (χ1) is 16.4. The Morgan fingerprint density at radius 1 is 1.00 bits per heavy atom. The summed E-state index contributed by atoms with van der Waals surface area (Å²) >= 11 is 0. The number of allylic oxidation sites excluding steroid dienone is 2. The number of carbonyl (C=O) groups excluding carboxylic acids is 5. The van der Waals surface area contributed by atoms with E-state index in [9.17, 15) is 24.0 Å². The number of amides is 4. The van der Waals surface area contributed by atoms with E-state index in [1.807, 2.05) is 13.8 Å². The molecule has 1 aliphatic heterocycles. The van der Waals surface area contributed by atoms with Gasteiger partial charge >= 0.3 is 0 Å². The molecule has 35 heavy (non-hydrogen) atoms. The normalized spacial score (nSPS) is 26.7. The highest BCUT2D eigenvalue weighted by Crippen LogP contribution is 2.56. The molecule has 0 aromatic rings. The summed E-state index contributed by atoms with van der Waals surface area (Å²) in [4.78, 5) is 63.4. The van der Waals surface area contributed by atoms with Gasteiger partial charge in [-0.3, -0.25) is 24.1 Å². The molecule has 3 aliphatic rings. The molecule has 1 saturated heterocycles. The summed E-state index contributed by atoms with van der Waals surface area (Å²) in [6, 6.07) is -1.58. The van der Waals surface area contributed by atoms with Crippen LogP contribution in [0.1, 0.15) is 66.7 Å². The van der Waals surface area contributed by atoms with Crippen LogP contribution in [0.2, 0.25) is 0 Å². The van der Waals surface area contributed by atoms with E-state index in [4.69, 9.17) is 7.85 Å². The van der Waals surface area contributed by atoms with Crippen molar-refractivity contribution in [2.45, 2.75) is 78.8 Å². The zero-order valence-electron chi connectivity index (χ0n) is 21.5. The third kappa shape index (κ3) is 5.70. The highest BCUT2D eigenvalue weighted by atomic mass is 16.2. The Kier molecular flexibility index (Phi) is 8.60. The van der Waals surface area contributed by atoms with Crippen molar-refractivity contribution in [2.75, 3.05) is 6.54 Å². The topological polar surface area (TPSA) is 113 Å². The molecule has 2 N–H and O–H groups in total. The van der Waals surface area contributed by atoms with Gasteiger partial charge in [0.05, 0.1) is 23.6 Å². The minimum absolute atomic E-state index is 0.0209. The van der Waals surface area contributed by atoms with Crippen molar-refractivity contribution in [2.24, 2.45) is 35.5 Å². The maximum Gasteiger partial charge on any atom is 0.243 e. The number of hydrogen-bond donors (Lipinski definition) is 2. The van der Waals surface area contributed by atoms with Gasteiger partial charge in [-0.25, -0.2) is 0 Å². The van der Waals surface area contributed by atoms with E-state index in [1.54, 1.807) is 0 Å². The van der Waals surface area contributed by atoms with Gasteiger partial charge in [-0.2, -0.15) is 0 Å². The van der Waals surface area contributed by atoms with E-state index in [-0.39, 0.29) is 53.7 Å². The van der Waals surface area contributed by atoms with Gasteiger partial charge in [0.15, 0.2) is 7.85 Å². The van der Waals surface area contributed by atoms with Gasteiger partial charge < -0.3 is 15.4 Å². The molecular weight excluding hydrogens is 445 g/mol. The maximum atomic E-state index is 13.0. The van der Waals surface area contributed by atoms with Crippen molar-refractivity contribution in [3.05, 3.63) is 11.6 Å². The zero-order valence-corrected chi connectivity index (χ0v) is 21.5. The van der Waals surface area contributed by atoms with E-state index in [1.165, 1.54) is 17.4 Å². The predicted octanol–water partition coefficient (Wildman–Crippen LogP) is 1.72. The fraction of sp³-hybridized carbons (Fsp3) is 0.731. The van der Waals surface area contributed by atoms with Crippen molar-refractivity contribution in [1.29, 1.82) is 0 Å². The summed E-state index contributed by atoms with van der Waals surface area (Å²) in [5.74, 6) is -0.454. The summed E-state index contributed by atoms with van der Waals surface area (Å²) in [5.41, 5.74) is 0.692. The molecule has 1 heterocycles. The van der Waals surface area contributed by atoms with E-state index in [0.29, 0.717) is 31.7 Å². The molecule has 8 nitrogen and oxygen atoms in total. The predicted molar refractivity (Wildman–Crippen MR) is 132 cm³/mol. The number of likely N-dealkylation sites (tertiary alicyclic amines) is 1. The molecule has 0 aromatic carbocycles. The summed E-state index contributed by atoms with van der Waals surface area (Å²) in [6.45, 7) is 9.80. The van der Waals surface area contributed by atoms with Gasteiger partial charge in [0.1, 0.15) is 6.04 Å². The Hall–Kier alpha value is -2.45. The van der Waals surface area contributed by atoms with Gasteiger partial charge in [0.2, 0.25) is 23.6 Å². The zero-order chi connectivity index (χ0) is 26.0. The van der Waals surface area contributed by atoms with Crippen LogP contribution in [0, 0.1) is 35.5 Å². The van der Waals surface area contributed by atoms with E-state index in [0.717, 1.165) is 6.42 Å². The van der Waals surface area contributed by atoms with Gasteiger partial charge in [0.25, 0.3) is 0 Å². The maximum absolute atomic E-state index is 13.0. The molecular formula is C26H38BN3O5. The average molecular weight is 483 g/mol. The van der Waals surface area contributed by atoms with Crippen molar-refractivity contribution in [3.63, 3.8) is 0 Å². The Morgan fingerprint density at radius 3 is 2.26 bits per heavy atom. The molecule has 190 valence electrons. The quantitative estimate of drug-likeness (QED) is 0.190. The van der Waals surface area contributed by atoms with Crippen molar-refractivity contribution in [3.8, 4) is 0 Å². The SMILES string of the molecule is [B]C(=O)[C@H](C)NC(=O)C(NC(=O)CCCCCN1C(=O)C2C3C=C(C(C)C)C(C3)C2C1=O)C(C)C. The molecule has 9 heteroatoms. The minimum atomic E-state index is -0.820. The third-order valence-corrected chi connectivity index (χ3v) is 7.75. The smallest absolute Gasteiger partial charge is 0.243 e. The summed E-state index contributed by atoms with van der Waals surface area (Å²) < 4.78 is 0. The first-order valence-electron chi connectivity index (χ1n) is 12.9. The molecule has 6 atom stereocenters. The van der Waals surface area contributed by atoms with Crippen LogP contribution in [0.5, 0.6) is 0 Å². The van der Waals surface area contributed by atoms with Crippen LogP contribution in [-0.2, 0) is 24.0 Å². The van der Waals surface area contributed by atoms with Crippen LogP contribution < -0.4 is 10.6 Å². The number of fused-ring (bicyclic) bond motifs is 5. The molecule has 5 unspecified atom stereocenters. The molecule has 1 saturated carbocycles. The second kappa shape index (κ2) is 11.1. The van der Waals surface area contributed by atoms with Crippen LogP contribution >= 0.6 is 0 Å². The van der Waals surface area contributed by atoms with Crippen LogP contribution in [0.3, 0.4) is 0 Å². The highest BCUT2D eigenvalue weighted by molar-refractivity contribution is 6.59. The van der Waals surface area contributed by atoms with Crippen LogP contribution in [0.15, 0.2) is 11.6 Å². The van der Waals surface area contributed by atoms with Crippen molar-refractivity contribution < 1.29 is 24.0 Å². The van der Waals surface area contributed by atoms with Crippen LogP contribution in [-0.4, -0.2) is 60.7 Å². The number of nitrogens with zero attached hydrogens (tertiary/aromatic N) is 1. The highest BCUT2D eigenvalue weighted by Gasteiger charge is 2.61. The fourth-order valence-corrected chi connectivity index (χ4v) is 5.85. The van der Waals surface area contributed by atoms with Gasteiger partial charge in [-0.15, -0.1) is 0 Å². The molecule has 4 amide bonds. The molecule has 3 rings (SSSR count). The molecule has 0 aromatic heterocycles. The van der Waals surface area contributed by atoms with E-state index >= 15 is 0 Å². The molecule has 2 bridgehead atoms. The number of unbranched alkanes of at least 4 members (excludes halogenated alkanes) is 2. The van der Waals surface area contributed by atoms with Gasteiger partial charge in [-0.05, 0) is 49.9 Å². The van der Waals surface area contributed by atoms with Crippen LogP contribution in [0.4, 0.5) is 0 Å². The summed E-state index contributed by atoms with van der Waals surface area (Å²) in [5, 5.41) is 5.25. The van der Waals surface area contributed by atoms with E-state index in [2.05, 4.69) is 30.6 Å². The number of imide groups is 1. The lowest BCUT2D eigenvalue weighted by Gasteiger charge is -2.24. The standard InChI is InChI=1S/C26H38BN3O5/c1-13(2)17-11-16-12-18(17)21-20(16)25(34)30(26(21)35)10-8-6-7-9-19(31)29-22(14(3)4)24(33)28-15(5)23(27)32/h11,13-16,18,20-22H,6-10,12H2,1-5H3,(H,28,33)(H,29,31)/t15-,16?,18?,20?,21?,22?/m0/s1. The lowest BCUT2D eigenvalue weighted by atomic mass is 9.78. The Bertz CT molecular complexity index is 915. The molecule has 2 fully saturated rings. The Labute approximate surface area is 209 Å². The second-order valence-electron chi connectivity index (χ2n) is 10.9. The number of nitrogens with one attached hydrogen (secondary N) is 2. The number of rotatable bonds is 12. The first-order valence-corrected chi connectivity index (χ1v) is 12.9. The molecule has 0 spiro atoms. The lowest BCUT2D eigenvalue weighted by Crippen LogP contribution is -2.53. The molecule has 2 aliphatic carbocycles.